The minimum absolute atomic E-state index is 0.166. The highest BCUT2D eigenvalue weighted by atomic mass is 16.4. The third-order valence-electron chi connectivity index (χ3n) is 2.53. The van der Waals surface area contributed by atoms with Crippen LogP contribution in [-0.2, 0) is 9.59 Å². The van der Waals surface area contributed by atoms with Crippen molar-refractivity contribution in [2.75, 3.05) is 6.54 Å². The fourth-order valence-electron chi connectivity index (χ4n) is 1.73. The van der Waals surface area contributed by atoms with Gasteiger partial charge in [0.15, 0.2) is 0 Å². The zero-order chi connectivity index (χ0) is 15.2. The topological polar surface area (TPSA) is 113 Å². The molecule has 0 saturated carbocycles. The predicted octanol–water partition coefficient (Wildman–Crippen LogP) is 0.391. The zero-order valence-electron chi connectivity index (χ0n) is 11.8. The monoisotopic (exact) mass is 273 g/mol. The summed E-state index contributed by atoms with van der Waals surface area (Å²) in [7, 11) is 0. The molecule has 0 rings (SSSR count). The normalized spacial score (nSPS) is 12.3. The van der Waals surface area contributed by atoms with E-state index in [0.717, 1.165) is 0 Å². The number of aliphatic carboxylic acids is 1. The van der Waals surface area contributed by atoms with Gasteiger partial charge in [0.25, 0.3) is 0 Å². The second-order valence-electron chi connectivity index (χ2n) is 5.14. The van der Waals surface area contributed by atoms with Crippen molar-refractivity contribution in [2.45, 2.75) is 46.2 Å². The van der Waals surface area contributed by atoms with E-state index in [-0.39, 0.29) is 12.0 Å². The van der Waals surface area contributed by atoms with Crippen LogP contribution in [0.1, 0.15) is 34.1 Å². The van der Waals surface area contributed by atoms with Crippen LogP contribution < -0.4 is 11.1 Å². The quantitative estimate of drug-likeness (QED) is 0.622. The number of amides is 3. The number of hydrogen-bond acceptors (Lipinski definition) is 3. The molecular weight excluding hydrogens is 250 g/mol. The van der Waals surface area contributed by atoms with Gasteiger partial charge < -0.3 is 21.1 Å². The SMILES string of the molecule is CC(C)CC(NC(N)=O)C(=O)N(CC(=O)O)C(C)C. The van der Waals surface area contributed by atoms with E-state index in [1.165, 1.54) is 4.90 Å². The van der Waals surface area contributed by atoms with Crippen molar-refractivity contribution in [3.05, 3.63) is 0 Å². The number of nitrogens with zero attached hydrogens (tertiary/aromatic N) is 1. The standard InChI is InChI=1S/C12H23N3O4/c1-7(2)5-9(14-12(13)19)11(18)15(8(3)4)6-10(16)17/h7-9H,5-6H2,1-4H3,(H,16,17)(H3,13,14,19). The molecule has 1 unspecified atom stereocenters. The van der Waals surface area contributed by atoms with Crippen LogP contribution in [0, 0.1) is 5.92 Å². The molecule has 0 bridgehead atoms. The average molecular weight is 273 g/mol. The van der Waals surface area contributed by atoms with Crippen LogP contribution in [0.4, 0.5) is 4.79 Å². The molecule has 19 heavy (non-hydrogen) atoms. The lowest BCUT2D eigenvalue weighted by molar-refractivity contribution is -0.146. The van der Waals surface area contributed by atoms with Crippen molar-refractivity contribution >= 4 is 17.9 Å². The lowest BCUT2D eigenvalue weighted by Crippen LogP contribution is -2.53. The number of carbonyl (C=O) groups is 3. The van der Waals surface area contributed by atoms with Crippen molar-refractivity contribution in [1.82, 2.24) is 10.2 Å². The summed E-state index contributed by atoms with van der Waals surface area (Å²) in [4.78, 5) is 35.2. The summed E-state index contributed by atoms with van der Waals surface area (Å²) in [6.07, 6.45) is 0.407. The Bertz CT molecular complexity index is 342. The van der Waals surface area contributed by atoms with Gasteiger partial charge in [0.1, 0.15) is 12.6 Å². The Morgan fingerprint density at radius 3 is 2.05 bits per heavy atom. The van der Waals surface area contributed by atoms with E-state index in [1.54, 1.807) is 13.8 Å². The molecule has 0 aliphatic rings. The highest BCUT2D eigenvalue weighted by molar-refractivity contribution is 5.88. The maximum atomic E-state index is 12.3. The van der Waals surface area contributed by atoms with Gasteiger partial charge in [-0.1, -0.05) is 13.8 Å². The molecular formula is C12H23N3O4. The lowest BCUT2D eigenvalue weighted by atomic mass is 10.0. The van der Waals surface area contributed by atoms with Crippen LogP contribution in [0.2, 0.25) is 0 Å². The van der Waals surface area contributed by atoms with E-state index in [2.05, 4.69) is 5.32 Å². The molecule has 0 aromatic carbocycles. The van der Waals surface area contributed by atoms with Gasteiger partial charge in [-0.15, -0.1) is 0 Å². The largest absolute Gasteiger partial charge is 0.480 e. The predicted molar refractivity (Wildman–Crippen MR) is 70.4 cm³/mol. The maximum Gasteiger partial charge on any atom is 0.323 e. The maximum absolute atomic E-state index is 12.3. The fourth-order valence-corrected chi connectivity index (χ4v) is 1.73. The number of nitrogens with two attached hydrogens (primary N) is 1. The Balaban J connectivity index is 4.99. The van der Waals surface area contributed by atoms with Gasteiger partial charge in [0.05, 0.1) is 0 Å². The molecule has 7 heteroatoms. The van der Waals surface area contributed by atoms with Gasteiger partial charge in [0, 0.05) is 6.04 Å². The van der Waals surface area contributed by atoms with Crippen molar-refractivity contribution in [3.8, 4) is 0 Å². The molecule has 1 atom stereocenters. The molecule has 0 saturated heterocycles. The van der Waals surface area contributed by atoms with Crippen molar-refractivity contribution in [2.24, 2.45) is 11.7 Å². The molecule has 110 valence electrons. The summed E-state index contributed by atoms with van der Waals surface area (Å²) in [6.45, 7) is 6.85. The lowest BCUT2D eigenvalue weighted by Gasteiger charge is -2.30. The average Bonchev–Trinajstić information content (AvgIpc) is 2.22. The third-order valence-corrected chi connectivity index (χ3v) is 2.53. The fraction of sp³-hybridized carbons (Fsp3) is 0.750. The van der Waals surface area contributed by atoms with E-state index in [4.69, 9.17) is 10.8 Å². The van der Waals surface area contributed by atoms with Crippen LogP contribution in [0.15, 0.2) is 0 Å². The molecule has 4 N–H and O–H groups in total. The number of hydrogen-bond donors (Lipinski definition) is 3. The van der Waals surface area contributed by atoms with Gasteiger partial charge >= 0.3 is 12.0 Å². The molecule has 0 aromatic heterocycles. The minimum Gasteiger partial charge on any atom is -0.480 e. The number of carboxylic acids is 1. The van der Waals surface area contributed by atoms with Crippen LogP contribution in [0.5, 0.6) is 0 Å². The summed E-state index contributed by atoms with van der Waals surface area (Å²) < 4.78 is 0. The van der Waals surface area contributed by atoms with Crippen LogP contribution in [0.3, 0.4) is 0 Å². The van der Waals surface area contributed by atoms with E-state index in [0.29, 0.717) is 6.42 Å². The number of rotatable bonds is 7. The van der Waals surface area contributed by atoms with E-state index >= 15 is 0 Å². The van der Waals surface area contributed by atoms with Crippen molar-refractivity contribution < 1.29 is 19.5 Å². The zero-order valence-corrected chi connectivity index (χ0v) is 11.8. The first-order chi connectivity index (χ1) is 8.65. The molecule has 0 spiro atoms. The van der Waals surface area contributed by atoms with Crippen LogP contribution in [-0.4, -0.2) is 46.5 Å². The Morgan fingerprint density at radius 1 is 1.21 bits per heavy atom. The minimum atomic E-state index is -1.09. The highest BCUT2D eigenvalue weighted by Gasteiger charge is 2.28. The summed E-state index contributed by atoms with van der Waals surface area (Å²) in [5, 5.41) is 11.2. The number of carbonyl (C=O) groups excluding carboxylic acids is 2. The van der Waals surface area contributed by atoms with Crippen molar-refractivity contribution in [3.63, 3.8) is 0 Å². The second-order valence-corrected chi connectivity index (χ2v) is 5.14. The summed E-state index contributed by atoms with van der Waals surface area (Å²) >= 11 is 0. The second kappa shape index (κ2) is 7.60. The number of carboxylic acid groups (broad SMARTS) is 1. The molecule has 0 fully saturated rings. The first-order valence-corrected chi connectivity index (χ1v) is 6.23. The number of nitrogens with one attached hydrogen (secondary N) is 1. The highest BCUT2D eigenvalue weighted by Crippen LogP contribution is 2.10. The first kappa shape index (κ1) is 17.2. The van der Waals surface area contributed by atoms with E-state index < -0.39 is 30.5 Å². The third kappa shape index (κ3) is 6.64. The van der Waals surface area contributed by atoms with Gasteiger partial charge in [-0.05, 0) is 26.2 Å². The summed E-state index contributed by atoms with van der Waals surface area (Å²) in [5.41, 5.74) is 5.05. The molecule has 7 nitrogen and oxygen atoms in total. The Hall–Kier alpha value is -1.79. The van der Waals surface area contributed by atoms with Gasteiger partial charge in [-0.2, -0.15) is 0 Å². The smallest absolute Gasteiger partial charge is 0.323 e. The summed E-state index contributed by atoms with van der Waals surface area (Å²) in [5.74, 6) is -1.35. The molecule has 0 aliphatic carbocycles. The van der Waals surface area contributed by atoms with Crippen molar-refractivity contribution in [1.29, 1.82) is 0 Å². The van der Waals surface area contributed by atoms with E-state index in [1.807, 2.05) is 13.8 Å². The van der Waals surface area contributed by atoms with Crippen LogP contribution >= 0.6 is 0 Å². The molecule has 0 aliphatic heterocycles. The van der Waals surface area contributed by atoms with Gasteiger partial charge in [0.2, 0.25) is 5.91 Å². The Labute approximate surface area is 113 Å². The Kier molecular flexibility index (Phi) is 6.89. The Morgan fingerprint density at radius 2 is 1.74 bits per heavy atom. The van der Waals surface area contributed by atoms with Gasteiger partial charge in [-0.3, -0.25) is 9.59 Å². The first-order valence-electron chi connectivity index (χ1n) is 6.23. The number of urea groups is 1. The number of primary amides is 1. The summed E-state index contributed by atoms with van der Waals surface area (Å²) in [6, 6.07) is -1.86. The van der Waals surface area contributed by atoms with Gasteiger partial charge in [-0.25, -0.2) is 4.79 Å². The molecule has 0 heterocycles. The molecule has 0 aromatic rings. The molecule has 3 amide bonds. The van der Waals surface area contributed by atoms with Crippen LogP contribution in [0.25, 0.3) is 0 Å². The van der Waals surface area contributed by atoms with E-state index in [9.17, 15) is 14.4 Å². The molecule has 0 radical (unpaired) electrons.